The first kappa shape index (κ1) is 16.6. The quantitative estimate of drug-likeness (QED) is 0.761. The molecule has 2 N–H and O–H groups in total. The molecule has 2 heterocycles. The molecule has 2 fully saturated rings. The fraction of sp³-hybridized carbons (Fsp3) is 0.857. The molecule has 0 saturated carbocycles. The van der Waals surface area contributed by atoms with Gasteiger partial charge in [0.15, 0.2) is 0 Å². The van der Waals surface area contributed by atoms with Gasteiger partial charge in [-0.05, 0) is 38.4 Å². The summed E-state index contributed by atoms with van der Waals surface area (Å²) in [6.07, 6.45) is 2.97. The zero-order valence-corrected chi connectivity index (χ0v) is 13.1. The maximum Gasteiger partial charge on any atom is 0.330 e. The van der Waals surface area contributed by atoms with Gasteiger partial charge in [-0.25, -0.2) is 4.79 Å². The predicted molar refractivity (Wildman–Crippen MR) is 79.5 cm³/mol. The maximum absolute atomic E-state index is 12.1. The minimum absolute atomic E-state index is 0.0458. The van der Waals surface area contributed by atoms with Gasteiger partial charge in [-0.3, -0.25) is 4.79 Å². The number of nitrogens with one attached hydrogen (secondary N) is 1. The van der Waals surface area contributed by atoms with Gasteiger partial charge < -0.3 is 19.9 Å². The maximum atomic E-state index is 12.1. The first-order valence-electron chi connectivity index (χ1n) is 7.40. The summed E-state index contributed by atoms with van der Waals surface area (Å²) in [6.45, 7) is 2.77. The van der Waals surface area contributed by atoms with E-state index in [1.54, 1.807) is 18.7 Å². The average Bonchev–Trinajstić information content (AvgIpc) is 2.95. The number of carbonyl (C=O) groups is 2. The van der Waals surface area contributed by atoms with Crippen molar-refractivity contribution in [1.82, 2.24) is 5.32 Å². The number of aliphatic carboxylic acids is 1. The van der Waals surface area contributed by atoms with Gasteiger partial charge in [-0.1, -0.05) is 0 Å². The Hall–Kier alpha value is -0.790. The Balaban J connectivity index is 1.80. The summed E-state index contributed by atoms with van der Waals surface area (Å²) >= 11 is 1.54. The lowest BCUT2D eigenvalue weighted by molar-refractivity contribution is -0.149. The molecule has 0 bridgehead atoms. The standard InChI is InChI=1S/C14H23NO5S/c1-10(20-8-11-4-2-3-6-19-11)12(16)15-14(13(17)18)5-7-21-9-14/h10-11H,2-9H2,1H3,(H,15,16)(H,17,18). The van der Waals surface area contributed by atoms with Gasteiger partial charge in [0.2, 0.25) is 5.91 Å². The van der Waals surface area contributed by atoms with Crippen LogP contribution in [0, 0.1) is 0 Å². The van der Waals surface area contributed by atoms with Gasteiger partial charge in [0.25, 0.3) is 0 Å². The summed E-state index contributed by atoms with van der Waals surface area (Å²) in [5, 5.41) is 12.0. The Labute approximate surface area is 128 Å². The van der Waals surface area contributed by atoms with E-state index < -0.39 is 17.6 Å². The van der Waals surface area contributed by atoms with Crippen LogP contribution in [-0.2, 0) is 19.1 Å². The van der Waals surface area contributed by atoms with E-state index in [9.17, 15) is 14.7 Å². The molecule has 21 heavy (non-hydrogen) atoms. The van der Waals surface area contributed by atoms with Crippen LogP contribution in [-0.4, -0.2) is 59.4 Å². The summed E-state index contributed by atoms with van der Waals surface area (Å²) in [5.74, 6) is -0.177. The van der Waals surface area contributed by atoms with Crippen molar-refractivity contribution in [3.05, 3.63) is 0 Å². The highest BCUT2D eigenvalue weighted by Crippen LogP contribution is 2.28. The van der Waals surface area contributed by atoms with Gasteiger partial charge in [-0.2, -0.15) is 11.8 Å². The zero-order chi connectivity index (χ0) is 15.3. The van der Waals surface area contributed by atoms with E-state index in [0.717, 1.165) is 31.6 Å². The second-order valence-corrected chi connectivity index (χ2v) is 6.75. The second-order valence-electron chi connectivity index (χ2n) is 5.64. The number of carboxylic acid groups (broad SMARTS) is 1. The average molecular weight is 317 g/mol. The molecule has 3 atom stereocenters. The zero-order valence-electron chi connectivity index (χ0n) is 12.3. The lowest BCUT2D eigenvalue weighted by atomic mass is 9.99. The Bertz CT molecular complexity index is 378. The van der Waals surface area contributed by atoms with Crippen molar-refractivity contribution in [3.8, 4) is 0 Å². The highest BCUT2D eigenvalue weighted by molar-refractivity contribution is 7.99. The molecule has 1 amide bonds. The summed E-state index contributed by atoms with van der Waals surface area (Å²) in [7, 11) is 0. The highest BCUT2D eigenvalue weighted by atomic mass is 32.2. The molecule has 2 aliphatic rings. The molecule has 3 unspecified atom stereocenters. The van der Waals surface area contributed by atoms with E-state index in [1.807, 2.05) is 0 Å². The number of rotatable bonds is 6. The summed E-state index contributed by atoms with van der Waals surface area (Å²) < 4.78 is 11.1. The van der Waals surface area contributed by atoms with Crippen LogP contribution in [0.2, 0.25) is 0 Å². The summed E-state index contributed by atoms with van der Waals surface area (Å²) in [4.78, 5) is 23.5. The van der Waals surface area contributed by atoms with E-state index in [1.165, 1.54) is 0 Å². The van der Waals surface area contributed by atoms with E-state index in [-0.39, 0.29) is 12.0 Å². The topological polar surface area (TPSA) is 84.9 Å². The Morgan fingerprint density at radius 2 is 2.33 bits per heavy atom. The van der Waals surface area contributed by atoms with Crippen LogP contribution in [0.3, 0.4) is 0 Å². The Morgan fingerprint density at radius 1 is 1.52 bits per heavy atom. The molecule has 0 aromatic carbocycles. The summed E-state index contributed by atoms with van der Waals surface area (Å²) in [6, 6.07) is 0. The van der Waals surface area contributed by atoms with Crippen LogP contribution in [0.1, 0.15) is 32.6 Å². The van der Waals surface area contributed by atoms with Crippen LogP contribution in [0.15, 0.2) is 0 Å². The molecule has 2 rings (SSSR count). The first-order chi connectivity index (χ1) is 10.0. The fourth-order valence-electron chi connectivity index (χ4n) is 2.49. The second kappa shape index (κ2) is 7.47. The third kappa shape index (κ3) is 4.34. The highest BCUT2D eigenvalue weighted by Gasteiger charge is 2.44. The first-order valence-corrected chi connectivity index (χ1v) is 8.55. The van der Waals surface area contributed by atoms with Crippen molar-refractivity contribution in [2.45, 2.75) is 50.4 Å². The molecular weight excluding hydrogens is 294 g/mol. The number of hydrogen-bond donors (Lipinski definition) is 2. The monoisotopic (exact) mass is 317 g/mol. The molecule has 0 spiro atoms. The van der Waals surface area contributed by atoms with Gasteiger partial charge in [0.1, 0.15) is 11.6 Å². The van der Waals surface area contributed by atoms with Crippen molar-refractivity contribution in [3.63, 3.8) is 0 Å². The molecule has 0 aliphatic carbocycles. The number of carbonyl (C=O) groups excluding carboxylic acids is 1. The molecule has 2 saturated heterocycles. The van der Waals surface area contributed by atoms with Crippen LogP contribution in [0.5, 0.6) is 0 Å². The smallest absolute Gasteiger partial charge is 0.330 e. The van der Waals surface area contributed by atoms with E-state index >= 15 is 0 Å². The molecular formula is C14H23NO5S. The number of thioether (sulfide) groups is 1. The Kier molecular flexibility index (Phi) is 5.89. The van der Waals surface area contributed by atoms with Gasteiger partial charge in [0, 0.05) is 12.4 Å². The molecule has 6 nitrogen and oxygen atoms in total. The van der Waals surface area contributed by atoms with Gasteiger partial charge in [0.05, 0.1) is 12.7 Å². The van der Waals surface area contributed by atoms with Crippen LogP contribution in [0.25, 0.3) is 0 Å². The largest absolute Gasteiger partial charge is 0.479 e. The summed E-state index contributed by atoms with van der Waals surface area (Å²) in [5.41, 5.74) is -1.14. The van der Waals surface area contributed by atoms with Crippen molar-refractivity contribution >= 4 is 23.6 Å². The molecule has 120 valence electrons. The SMILES string of the molecule is CC(OCC1CCCCO1)C(=O)NC1(C(=O)O)CCSC1. The normalized spacial score (nSPS) is 30.8. The van der Waals surface area contributed by atoms with Crippen molar-refractivity contribution < 1.29 is 24.2 Å². The van der Waals surface area contributed by atoms with Gasteiger partial charge >= 0.3 is 5.97 Å². The van der Waals surface area contributed by atoms with E-state index in [0.29, 0.717) is 18.8 Å². The van der Waals surface area contributed by atoms with Crippen LogP contribution < -0.4 is 5.32 Å². The molecule has 7 heteroatoms. The number of ether oxygens (including phenoxy) is 2. The number of amides is 1. The lowest BCUT2D eigenvalue weighted by Gasteiger charge is -2.27. The third-order valence-electron chi connectivity index (χ3n) is 3.97. The number of carboxylic acids is 1. The van der Waals surface area contributed by atoms with E-state index in [4.69, 9.17) is 9.47 Å². The molecule has 2 aliphatic heterocycles. The van der Waals surface area contributed by atoms with Crippen molar-refractivity contribution in [1.29, 1.82) is 0 Å². The van der Waals surface area contributed by atoms with Gasteiger partial charge in [-0.15, -0.1) is 0 Å². The van der Waals surface area contributed by atoms with Crippen molar-refractivity contribution in [2.24, 2.45) is 0 Å². The van der Waals surface area contributed by atoms with E-state index in [2.05, 4.69) is 5.32 Å². The van der Waals surface area contributed by atoms with Crippen LogP contribution in [0.4, 0.5) is 0 Å². The Morgan fingerprint density at radius 3 is 2.90 bits per heavy atom. The van der Waals surface area contributed by atoms with Crippen molar-refractivity contribution in [2.75, 3.05) is 24.7 Å². The minimum Gasteiger partial charge on any atom is -0.479 e. The number of hydrogen-bond acceptors (Lipinski definition) is 5. The third-order valence-corrected chi connectivity index (χ3v) is 5.16. The van der Waals surface area contributed by atoms with Crippen LogP contribution >= 0.6 is 11.8 Å². The molecule has 0 aromatic rings. The molecule has 0 radical (unpaired) electrons. The molecule has 0 aromatic heterocycles. The minimum atomic E-state index is -1.14. The lowest BCUT2D eigenvalue weighted by Crippen LogP contribution is -2.57. The predicted octanol–water partition coefficient (Wildman–Crippen LogP) is 1.04. The fourth-order valence-corrected chi connectivity index (χ4v) is 3.81.